The summed E-state index contributed by atoms with van der Waals surface area (Å²) in [6.45, 7) is 3.46. The lowest BCUT2D eigenvalue weighted by molar-refractivity contribution is -0.140. The average Bonchev–Trinajstić information content (AvgIpc) is 3.50. The van der Waals surface area contributed by atoms with Crippen molar-refractivity contribution in [3.63, 3.8) is 0 Å². The standard InChI is InChI=1S/C32H37ClFN3O5S/c1-3-30(32(39)35-25-10-6-7-11-25)36(21-23-9-5-8-12-29(23)33)31(38)22-37(26-15-17-27(18-16-26)42-4-2)43(40,41)28-19-13-24(34)14-20-28/h5,8-9,12-20,25,30H,3-4,6-7,10-11,21-22H2,1-2H3,(H,35,39)/t30-/m0/s1. The Labute approximate surface area is 257 Å². The summed E-state index contributed by atoms with van der Waals surface area (Å²) in [4.78, 5) is 29.0. The van der Waals surface area contributed by atoms with Gasteiger partial charge in [-0.3, -0.25) is 13.9 Å². The molecular formula is C32H37ClFN3O5S. The van der Waals surface area contributed by atoms with Gasteiger partial charge in [-0.15, -0.1) is 0 Å². The molecule has 1 atom stereocenters. The van der Waals surface area contributed by atoms with E-state index >= 15 is 0 Å². The molecule has 0 radical (unpaired) electrons. The molecule has 1 aliphatic carbocycles. The highest BCUT2D eigenvalue weighted by molar-refractivity contribution is 7.92. The molecule has 0 saturated heterocycles. The molecule has 3 aromatic rings. The zero-order valence-electron chi connectivity index (χ0n) is 24.3. The van der Waals surface area contributed by atoms with Gasteiger partial charge in [0.05, 0.1) is 17.2 Å². The highest BCUT2D eigenvalue weighted by Crippen LogP contribution is 2.28. The highest BCUT2D eigenvalue weighted by atomic mass is 35.5. The molecule has 4 rings (SSSR count). The summed E-state index contributed by atoms with van der Waals surface area (Å²) in [6, 6.07) is 16.9. The molecule has 0 bridgehead atoms. The lowest BCUT2D eigenvalue weighted by Crippen LogP contribution is -2.53. The van der Waals surface area contributed by atoms with Gasteiger partial charge in [-0.2, -0.15) is 0 Å². The quantitative estimate of drug-likeness (QED) is 0.253. The number of nitrogens with one attached hydrogen (secondary N) is 1. The van der Waals surface area contributed by atoms with Crippen molar-refractivity contribution in [2.24, 2.45) is 0 Å². The molecule has 0 aliphatic heterocycles. The van der Waals surface area contributed by atoms with E-state index in [0.717, 1.165) is 54.3 Å². The van der Waals surface area contributed by atoms with E-state index in [1.54, 1.807) is 48.5 Å². The van der Waals surface area contributed by atoms with Gasteiger partial charge in [0, 0.05) is 17.6 Å². The van der Waals surface area contributed by atoms with Gasteiger partial charge in [-0.25, -0.2) is 12.8 Å². The number of anilines is 1. The molecular weight excluding hydrogens is 593 g/mol. The van der Waals surface area contributed by atoms with Gasteiger partial charge in [-0.05, 0) is 86.3 Å². The summed E-state index contributed by atoms with van der Waals surface area (Å²) >= 11 is 6.46. The Kier molecular flexibility index (Phi) is 11.0. The first-order chi connectivity index (χ1) is 20.6. The maximum absolute atomic E-state index is 14.2. The second-order valence-electron chi connectivity index (χ2n) is 10.4. The molecule has 0 unspecified atom stereocenters. The second kappa shape index (κ2) is 14.7. The minimum atomic E-state index is -4.33. The third-order valence-corrected chi connectivity index (χ3v) is 9.66. The van der Waals surface area contributed by atoms with E-state index in [4.69, 9.17) is 16.3 Å². The summed E-state index contributed by atoms with van der Waals surface area (Å²) < 4.78 is 48.0. The van der Waals surface area contributed by atoms with Gasteiger partial charge >= 0.3 is 0 Å². The molecule has 1 N–H and O–H groups in total. The van der Waals surface area contributed by atoms with Crippen molar-refractivity contribution in [2.75, 3.05) is 17.5 Å². The Hall–Kier alpha value is -3.63. The Morgan fingerprint density at radius 2 is 1.65 bits per heavy atom. The minimum Gasteiger partial charge on any atom is -0.494 e. The first kappa shape index (κ1) is 32.3. The topological polar surface area (TPSA) is 96.0 Å². The number of sulfonamides is 1. The van der Waals surface area contributed by atoms with Gasteiger partial charge in [0.2, 0.25) is 11.8 Å². The van der Waals surface area contributed by atoms with Gasteiger partial charge in [0.25, 0.3) is 10.0 Å². The predicted octanol–water partition coefficient (Wildman–Crippen LogP) is 5.94. The van der Waals surface area contributed by atoms with Gasteiger partial charge in [0.15, 0.2) is 0 Å². The van der Waals surface area contributed by atoms with E-state index in [9.17, 15) is 22.4 Å². The van der Waals surface area contributed by atoms with Crippen LogP contribution < -0.4 is 14.4 Å². The number of hydrogen-bond acceptors (Lipinski definition) is 5. The maximum Gasteiger partial charge on any atom is 0.264 e. The molecule has 11 heteroatoms. The summed E-state index contributed by atoms with van der Waals surface area (Å²) in [5, 5.41) is 3.51. The van der Waals surface area contributed by atoms with E-state index in [0.29, 0.717) is 29.4 Å². The van der Waals surface area contributed by atoms with Crippen molar-refractivity contribution in [3.05, 3.63) is 89.2 Å². The van der Waals surface area contributed by atoms with Gasteiger partial charge in [-0.1, -0.05) is 49.6 Å². The first-order valence-corrected chi connectivity index (χ1v) is 16.3. The van der Waals surface area contributed by atoms with Crippen molar-refractivity contribution in [1.82, 2.24) is 10.2 Å². The van der Waals surface area contributed by atoms with Crippen molar-refractivity contribution < 1.29 is 27.1 Å². The third kappa shape index (κ3) is 8.06. The van der Waals surface area contributed by atoms with Crippen molar-refractivity contribution >= 4 is 39.1 Å². The molecule has 230 valence electrons. The molecule has 2 amide bonds. The van der Waals surface area contributed by atoms with Crippen LogP contribution in [0.4, 0.5) is 10.1 Å². The zero-order chi connectivity index (χ0) is 31.0. The van der Waals surface area contributed by atoms with E-state index in [1.165, 1.54) is 4.90 Å². The number of halogens is 2. The molecule has 8 nitrogen and oxygen atoms in total. The molecule has 1 saturated carbocycles. The number of benzene rings is 3. The normalized spacial score (nSPS) is 14.2. The number of nitrogens with zero attached hydrogens (tertiary/aromatic N) is 2. The highest BCUT2D eigenvalue weighted by Gasteiger charge is 2.35. The minimum absolute atomic E-state index is 0.00279. The van der Waals surface area contributed by atoms with E-state index in [-0.39, 0.29) is 29.1 Å². The summed E-state index contributed by atoms with van der Waals surface area (Å²) in [7, 11) is -4.33. The zero-order valence-corrected chi connectivity index (χ0v) is 25.9. The molecule has 0 heterocycles. The molecule has 43 heavy (non-hydrogen) atoms. The summed E-state index contributed by atoms with van der Waals surface area (Å²) in [6.07, 6.45) is 4.12. The first-order valence-electron chi connectivity index (χ1n) is 14.5. The molecule has 0 aromatic heterocycles. The fraction of sp³-hybridized carbons (Fsp3) is 0.375. The van der Waals surface area contributed by atoms with Crippen LogP contribution in [0, 0.1) is 5.82 Å². The largest absolute Gasteiger partial charge is 0.494 e. The van der Waals surface area contributed by atoms with Crippen molar-refractivity contribution in [3.8, 4) is 5.75 Å². The van der Waals surface area contributed by atoms with Crippen LogP contribution in [0.3, 0.4) is 0 Å². The summed E-state index contributed by atoms with van der Waals surface area (Å²) in [5.74, 6) is -0.934. The smallest absolute Gasteiger partial charge is 0.264 e. The Balaban J connectivity index is 1.72. The van der Waals surface area contributed by atoms with Crippen LogP contribution in [-0.2, 0) is 26.2 Å². The number of hydrogen-bond donors (Lipinski definition) is 1. The summed E-state index contributed by atoms with van der Waals surface area (Å²) in [5.41, 5.74) is 0.834. The Bertz CT molecular complexity index is 1500. The van der Waals surface area contributed by atoms with E-state index in [1.807, 2.05) is 13.8 Å². The number of ether oxygens (including phenoxy) is 1. The number of amides is 2. The van der Waals surface area contributed by atoms with E-state index in [2.05, 4.69) is 5.32 Å². The lowest BCUT2D eigenvalue weighted by Gasteiger charge is -2.34. The van der Waals surface area contributed by atoms with Crippen molar-refractivity contribution in [1.29, 1.82) is 0 Å². The molecule has 1 aliphatic rings. The Morgan fingerprint density at radius 1 is 1.00 bits per heavy atom. The van der Waals surface area contributed by atoms with Crippen LogP contribution in [0.25, 0.3) is 0 Å². The monoisotopic (exact) mass is 629 g/mol. The van der Waals surface area contributed by atoms with Gasteiger partial charge in [0.1, 0.15) is 24.2 Å². The fourth-order valence-corrected chi connectivity index (χ4v) is 6.84. The van der Waals surface area contributed by atoms with Crippen LogP contribution in [0.1, 0.15) is 51.5 Å². The van der Waals surface area contributed by atoms with Crippen LogP contribution in [0.5, 0.6) is 5.75 Å². The molecule has 3 aromatic carbocycles. The number of carbonyl (C=O) groups excluding carboxylic acids is 2. The van der Waals surface area contributed by atoms with Crippen LogP contribution >= 0.6 is 11.6 Å². The van der Waals surface area contributed by atoms with Crippen LogP contribution in [0.15, 0.2) is 77.7 Å². The second-order valence-corrected chi connectivity index (χ2v) is 12.7. The van der Waals surface area contributed by atoms with E-state index < -0.39 is 34.3 Å². The average molecular weight is 630 g/mol. The third-order valence-electron chi connectivity index (χ3n) is 7.50. The molecule has 0 spiro atoms. The maximum atomic E-state index is 14.2. The van der Waals surface area contributed by atoms with Gasteiger partial charge < -0.3 is 15.0 Å². The predicted molar refractivity (Wildman–Crippen MR) is 165 cm³/mol. The SMILES string of the molecule is CCOc1ccc(N(CC(=O)N(Cc2ccccc2Cl)[C@@H](CC)C(=O)NC2CCCC2)S(=O)(=O)c2ccc(F)cc2)cc1. The Morgan fingerprint density at radius 3 is 2.26 bits per heavy atom. The van der Waals surface area contributed by atoms with Crippen LogP contribution in [-0.4, -0.2) is 50.4 Å². The fourth-order valence-electron chi connectivity index (χ4n) is 5.23. The molecule has 1 fully saturated rings. The number of carbonyl (C=O) groups is 2. The number of rotatable bonds is 13. The van der Waals surface area contributed by atoms with Crippen molar-refractivity contribution in [2.45, 2.75) is 69.5 Å². The lowest BCUT2D eigenvalue weighted by atomic mass is 10.1. The van der Waals surface area contributed by atoms with Crippen LogP contribution in [0.2, 0.25) is 5.02 Å².